The van der Waals surface area contributed by atoms with E-state index in [9.17, 15) is 4.79 Å². The smallest absolute Gasteiger partial charge is 0.312 e. The van der Waals surface area contributed by atoms with E-state index >= 15 is 0 Å². The molecule has 0 saturated carbocycles. The standard InChI is InChI=1S/C12H25NO3/c1-6-7-10(8-15-4)13-9-12(2,3)11(14)16-5/h10,13H,6-9H2,1-5H3. The first-order valence-corrected chi connectivity index (χ1v) is 5.78. The van der Waals surface area contributed by atoms with Crippen LogP contribution >= 0.6 is 0 Å². The van der Waals surface area contributed by atoms with Gasteiger partial charge in [0.15, 0.2) is 0 Å². The Bertz CT molecular complexity index is 198. The molecular weight excluding hydrogens is 206 g/mol. The summed E-state index contributed by atoms with van der Waals surface area (Å²) < 4.78 is 9.89. The van der Waals surface area contributed by atoms with Gasteiger partial charge in [-0.1, -0.05) is 13.3 Å². The van der Waals surface area contributed by atoms with Crippen LogP contribution < -0.4 is 5.32 Å². The molecule has 0 aliphatic heterocycles. The number of carbonyl (C=O) groups is 1. The van der Waals surface area contributed by atoms with Gasteiger partial charge in [-0.3, -0.25) is 4.79 Å². The van der Waals surface area contributed by atoms with E-state index in [0.29, 0.717) is 19.2 Å². The third-order valence-corrected chi connectivity index (χ3v) is 2.58. The quantitative estimate of drug-likeness (QED) is 0.644. The number of methoxy groups -OCH3 is 2. The van der Waals surface area contributed by atoms with Crippen LogP contribution in [0.1, 0.15) is 33.6 Å². The second-order valence-electron chi connectivity index (χ2n) is 4.70. The van der Waals surface area contributed by atoms with E-state index in [1.165, 1.54) is 7.11 Å². The van der Waals surface area contributed by atoms with Crippen LogP contribution in [0.15, 0.2) is 0 Å². The third kappa shape index (κ3) is 5.47. The summed E-state index contributed by atoms with van der Waals surface area (Å²) in [4.78, 5) is 11.5. The van der Waals surface area contributed by atoms with Crippen LogP contribution in [-0.2, 0) is 14.3 Å². The maximum Gasteiger partial charge on any atom is 0.312 e. The highest BCUT2D eigenvalue weighted by Gasteiger charge is 2.29. The van der Waals surface area contributed by atoms with Gasteiger partial charge < -0.3 is 14.8 Å². The summed E-state index contributed by atoms with van der Waals surface area (Å²) in [6.07, 6.45) is 2.14. The van der Waals surface area contributed by atoms with Crippen molar-refractivity contribution >= 4 is 5.97 Å². The summed E-state index contributed by atoms with van der Waals surface area (Å²) in [6, 6.07) is 0.305. The zero-order chi connectivity index (χ0) is 12.6. The van der Waals surface area contributed by atoms with Crippen molar-refractivity contribution in [1.29, 1.82) is 0 Å². The number of rotatable bonds is 8. The van der Waals surface area contributed by atoms with Crippen LogP contribution in [0, 0.1) is 5.41 Å². The van der Waals surface area contributed by atoms with E-state index in [0.717, 1.165) is 12.8 Å². The predicted octanol–water partition coefficient (Wildman–Crippen LogP) is 1.59. The Labute approximate surface area is 98.7 Å². The molecule has 0 aromatic carbocycles. The fraction of sp³-hybridized carbons (Fsp3) is 0.917. The van der Waals surface area contributed by atoms with Gasteiger partial charge in [0.1, 0.15) is 0 Å². The summed E-state index contributed by atoms with van der Waals surface area (Å²) in [5.74, 6) is -0.187. The molecule has 0 aromatic rings. The molecule has 0 fully saturated rings. The fourth-order valence-corrected chi connectivity index (χ4v) is 1.54. The molecule has 4 heteroatoms. The molecule has 4 nitrogen and oxygen atoms in total. The molecule has 0 saturated heterocycles. The van der Waals surface area contributed by atoms with Gasteiger partial charge in [-0.05, 0) is 20.3 Å². The molecule has 1 N–H and O–H groups in total. The Balaban J connectivity index is 4.12. The van der Waals surface area contributed by atoms with Crippen molar-refractivity contribution in [2.75, 3.05) is 27.4 Å². The number of esters is 1. The van der Waals surface area contributed by atoms with E-state index < -0.39 is 5.41 Å². The highest BCUT2D eigenvalue weighted by molar-refractivity contribution is 5.76. The minimum absolute atomic E-state index is 0.187. The molecule has 0 bridgehead atoms. The van der Waals surface area contributed by atoms with Crippen molar-refractivity contribution < 1.29 is 14.3 Å². The monoisotopic (exact) mass is 231 g/mol. The zero-order valence-corrected chi connectivity index (χ0v) is 11.1. The van der Waals surface area contributed by atoms with Crippen LogP contribution in [0.5, 0.6) is 0 Å². The molecule has 16 heavy (non-hydrogen) atoms. The lowest BCUT2D eigenvalue weighted by molar-refractivity contribution is -0.150. The van der Waals surface area contributed by atoms with Crippen LogP contribution in [0.2, 0.25) is 0 Å². The van der Waals surface area contributed by atoms with E-state index in [1.54, 1.807) is 7.11 Å². The molecule has 0 rings (SSSR count). The first kappa shape index (κ1) is 15.4. The lowest BCUT2D eigenvalue weighted by Crippen LogP contribution is -2.43. The average Bonchev–Trinajstić information content (AvgIpc) is 2.25. The Morgan fingerprint density at radius 1 is 1.38 bits per heavy atom. The molecule has 0 spiro atoms. The Kier molecular flexibility index (Phi) is 7.34. The first-order chi connectivity index (χ1) is 7.47. The lowest BCUT2D eigenvalue weighted by atomic mass is 9.93. The predicted molar refractivity (Wildman–Crippen MR) is 64.4 cm³/mol. The van der Waals surface area contributed by atoms with E-state index in [-0.39, 0.29) is 5.97 Å². The lowest BCUT2D eigenvalue weighted by Gasteiger charge is -2.25. The van der Waals surface area contributed by atoms with E-state index in [1.807, 2.05) is 13.8 Å². The number of hydrogen-bond acceptors (Lipinski definition) is 4. The van der Waals surface area contributed by atoms with E-state index in [4.69, 9.17) is 9.47 Å². The molecule has 0 aromatic heterocycles. The summed E-state index contributed by atoms with van der Waals surface area (Å²) in [7, 11) is 3.11. The second kappa shape index (κ2) is 7.63. The topological polar surface area (TPSA) is 47.6 Å². The van der Waals surface area contributed by atoms with E-state index in [2.05, 4.69) is 12.2 Å². The number of ether oxygens (including phenoxy) is 2. The molecule has 0 aliphatic rings. The van der Waals surface area contributed by atoms with Gasteiger partial charge in [0.25, 0.3) is 0 Å². The fourth-order valence-electron chi connectivity index (χ4n) is 1.54. The van der Waals surface area contributed by atoms with Crippen LogP contribution in [0.25, 0.3) is 0 Å². The Hall–Kier alpha value is -0.610. The van der Waals surface area contributed by atoms with Crippen molar-refractivity contribution in [2.24, 2.45) is 5.41 Å². The largest absolute Gasteiger partial charge is 0.469 e. The summed E-state index contributed by atoms with van der Waals surface area (Å²) in [6.45, 7) is 7.16. The minimum Gasteiger partial charge on any atom is -0.469 e. The number of nitrogens with one attached hydrogen (secondary N) is 1. The molecular formula is C12H25NO3. The molecule has 1 unspecified atom stereocenters. The molecule has 0 radical (unpaired) electrons. The maximum absolute atomic E-state index is 11.5. The third-order valence-electron chi connectivity index (χ3n) is 2.58. The van der Waals surface area contributed by atoms with Crippen LogP contribution in [-0.4, -0.2) is 39.4 Å². The highest BCUT2D eigenvalue weighted by Crippen LogP contribution is 2.16. The Morgan fingerprint density at radius 3 is 2.44 bits per heavy atom. The number of carbonyl (C=O) groups excluding carboxylic acids is 1. The zero-order valence-electron chi connectivity index (χ0n) is 11.1. The molecule has 0 amide bonds. The Morgan fingerprint density at radius 2 is 2.00 bits per heavy atom. The van der Waals surface area contributed by atoms with Gasteiger partial charge in [-0.2, -0.15) is 0 Å². The van der Waals surface area contributed by atoms with Crippen molar-refractivity contribution in [3.8, 4) is 0 Å². The van der Waals surface area contributed by atoms with Crippen molar-refractivity contribution in [1.82, 2.24) is 5.32 Å². The molecule has 0 aliphatic carbocycles. The van der Waals surface area contributed by atoms with Gasteiger partial charge in [0.2, 0.25) is 0 Å². The van der Waals surface area contributed by atoms with Crippen molar-refractivity contribution in [3.05, 3.63) is 0 Å². The molecule has 1 atom stereocenters. The van der Waals surface area contributed by atoms with Crippen LogP contribution in [0.4, 0.5) is 0 Å². The van der Waals surface area contributed by atoms with Gasteiger partial charge >= 0.3 is 5.97 Å². The van der Waals surface area contributed by atoms with Crippen molar-refractivity contribution in [2.45, 2.75) is 39.7 Å². The molecule has 96 valence electrons. The van der Waals surface area contributed by atoms with Crippen LogP contribution in [0.3, 0.4) is 0 Å². The SMILES string of the molecule is CCCC(COC)NCC(C)(C)C(=O)OC. The highest BCUT2D eigenvalue weighted by atomic mass is 16.5. The summed E-state index contributed by atoms with van der Waals surface area (Å²) in [5.41, 5.74) is -0.492. The van der Waals surface area contributed by atoms with Gasteiger partial charge in [0.05, 0.1) is 19.1 Å². The van der Waals surface area contributed by atoms with Gasteiger partial charge in [-0.15, -0.1) is 0 Å². The van der Waals surface area contributed by atoms with Gasteiger partial charge in [-0.25, -0.2) is 0 Å². The van der Waals surface area contributed by atoms with Crippen molar-refractivity contribution in [3.63, 3.8) is 0 Å². The first-order valence-electron chi connectivity index (χ1n) is 5.78. The second-order valence-corrected chi connectivity index (χ2v) is 4.70. The summed E-state index contributed by atoms with van der Waals surface area (Å²) >= 11 is 0. The minimum atomic E-state index is -0.492. The normalized spacial score (nSPS) is 13.6. The molecule has 0 heterocycles. The van der Waals surface area contributed by atoms with Gasteiger partial charge in [0, 0.05) is 19.7 Å². The number of hydrogen-bond donors (Lipinski definition) is 1. The maximum atomic E-state index is 11.5. The average molecular weight is 231 g/mol. The summed E-state index contributed by atoms with van der Waals surface area (Å²) in [5, 5.41) is 3.35.